The van der Waals surface area contributed by atoms with Gasteiger partial charge in [0.05, 0.1) is 0 Å². The Hall–Kier alpha value is -0.300. The summed E-state index contributed by atoms with van der Waals surface area (Å²) in [5, 5.41) is 3.84. The van der Waals surface area contributed by atoms with Gasteiger partial charge < -0.3 is 5.32 Å². The zero-order chi connectivity index (χ0) is 9.97. The molecule has 3 atom stereocenters. The molecule has 0 spiro atoms. The predicted molar refractivity (Wildman–Crippen MR) is 61.3 cm³/mol. The van der Waals surface area contributed by atoms with Crippen molar-refractivity contribution in [3.63, 3.8) is 0 Å². The van der Waals surface area contributed by atoms with Crippen LogP contribution in [0.2, 0.25) is 0 Å². The Kier molecular flexibility index (Phi) is 3.27. The molecule has 0 amide bonds. The van der Waals surface area contributed by atoms with Gasteiger partial charge in [-0.15, -0.1) is 0 Å². The molecule has 2 rings (SSSR count). The Bertz CT molecular complexity index is 201. The normalized spacial score (nSPS) is 39.1. The lowest BCUT2D eigenvalue weighted by Crippen LogP contribution is -2.44. The molecule has 2 aliphatic carbocycles. The molecule has 0 saturated heterocycles. The Morgan fingerprint density at radius 3 is 2.50 bits per heavy atom. The van der Waals surface area contributed by atoms with Gasteiger partial charge in [0.25, 0.3) is 0 Å². The van der Waals surface area contributed by atoms with Crippen LogP contribution in [0.5, 0.6) is 0 Å². The quantitative estimate of drug-likeness (QED) is 0.664. The molecular weight excluding hydrogens is 170 g/mol. The summed E-state index contributed by atoms with van der Waals surface area (Å²) in [5.41, 5.74) is 0. The molecule has 80 valence electrons. The summed E-state index contributed by atoms with van der Waals surface area (Å²) in [7, 11) is 0. The molecule has 0 aromatic carbocycles. The summed E-state index contributed by atoms with van der Waals surface area (Å²) < 4.78 is 0. The first kappa shape index (κ1) is 10.2. The van der Waals surface area contributed by atoms with Crippen LogP contribution in [0.1, 0.15) is 46.0 Å². The van der Waals surface area contributed by atoms with E-state index in [2.05, 4.69) is 31.3 Å². The molecule has 3 unspecified atom stereocenters. The number of hydrogen-bond donors (Lipinski definition) is 1. The van der Waals surface area contributed by atoms with Crippen molar-refractivity contribution in [2.75, 3.05) is 0 Å². The minimum Gasteiger partial charge on any atom is -0.310 e. The van der Waals surface area contributed by atoms with Gasteiger partial charge in [0, 0.05) is 12.1 Å². The average molecular weight is 193 g/mol. The smallest absolute Gasteiger partial charge is 0.0139 e. The molecule has 0 aromatic heterocycles. The van der Waals surface area contributed by atoms with Crippen LogP contribution in [0.4, 0.5) is 0 Å². The van der Waals surface area contributed by atoms with E-state index in [4.69, 9.17) is 0 Å². The van der Waals surface area contributed by atoms with Gasteiger partial charge in [-0.1, -0.05) is 32.4 Å². The van der Waals surface area contributed by atoms with E-state index in [9.17, 15) is 0 Å². The second-order valence-corrected chi connectivity index (χ2v) is 5.31. The summed E-state index contributed by atoms with van der Waals surface area (Å²) in [4.78, 5) is 0. The molecule has 0 radical (unpaired) electrons. The van der Waals surface area contributed by atoms with Gasteiger partial charge in [-0.2, -0.15) is 0 Å². The lowest BCUT2D eigenvalue weighted by Gasteiger charge is -2.35. The van der Waals surface area contributed by atoms with Crippen molar-refractivity contribution in [3.8, 4) is 0 Å². The molecule has 0 aliphatic heterocycles. The predicted octanol–water partition coefficient (Wildman–Crippen LogP) is 3.12. The highest BCUT2D eigenvalue weighted by atomic mass is 15.0. The van der Waals surface area contributed by atoms with Gasteiger partial charge >= 0.3 is 0 Å². The molecule has 1 N–H and O–H groups in total. The largest absolute Gasteiger partial charge is 0.310 e. The van der Waals surface area contributed by atoms with Crippen LogP contribution in [0.15, 0.2) is 12.2 Å². The lowest BCUT2D eigenvalue weighted by atomic mass is 9.79. The van der Waals surface area contributed by atoms with Gasteiger partial charge in [0.2, 0.25) is 0 Å². The third-order valence-electron chi connectivity index (χ3n) is 3.92. The Morgan fingerprint density at radius 1 is 1.07 bits per heavy atom. The van der Waals surface area contributed by atoms with Crippen LogP contribution >= 0.6 is 0 Å². The van der Waals surface area contributed by atoms with Gasteiger partial charge in [0.1, 0.15) is 0 Å². The highest BCUT2D eigenvalue weighted by Gasteiger charge is 2.27. The van der Waals surface area contributed by atoms with E-state index in [1.165, 1.54) is 32.1 Å². The molecular formula is C13H23N. The zero-order valence-corrected chi connectivity index (χ0v) is 9.50. The molecule has 0 bridgehead atoms. The third-order valence-corrected chi connectivity index (χ3v) is 3.92. The highest BCUT2D eigenvalue weighted by Crippen LogP contribution is 2.29. The number of hydrogen-bond acceptors (Lipinski definition) is 1. The van der Waals surface area contributed by atoms with E-state index >= 15 is 0 Å². The van der Waals surface area contributed by atoms with Crippen molar-refractivity contribution in [2.24, 2.45) is 11.8 Å². The second kappa shape index (κ2) is 4.48. The first-order valence-electron chi connectivity index (χ1n) is 6.16. The van der Waals surface area contributed by atoms with Crippen molar-refractivity contribution in [1.29, 1.82) is 0 Å². The maximum absolute atomic E-state index is 3.84. The van der Waals surface area contributed by atoms with Gasteiger partial charge in [-0.05, 0) is 37.5 Å². The number of rotatable bonds is 2. The molecule has 1 heteroatoms. The second-order valence-electron chi connectivity index (χ2n) is 5.31. The van der Waals surface area contributed by atoms with E-state index in [0.29, 0.717) is 0 Å². The third kappa shape index (κ3) is 2.38. The maximum atomic E-state index is 3.84. The molecule has 1 saturated carbocycles. The fourth-order valence-electron chi connectivity index (χ4n) is 2.82. The Labute approximate surface area is 88.0 Å². The first-order chi connectivity index (χ1) is 6.75. The van der Waals surface area contributed by atoms with E-state index in [1.54, 1.807) is 0 Å². The van der Waals surface area contributed by atoms with Crippen molar-refractivity contribution in [3.05, 3.63) is 12.2 Å². The lowest BCUT2D eigenvalue weighted by molar-refractivity contribution is 0.214. The van der Waals surface area contributed by atoms with E-state index < -0.39 is 0 Å². The van der Waals surface area contributed by atoms with Gasteiger partial charge in [-0.25, -0.2) is 0 Å². The van der Waals surface area contributed by atoms with Crippen molar-refractivity contribution >= 4 is 0 Å². The standard InChI is InChI=1S/C13H23N/c1-10-7-8-11(2)13(9-10)14-12-5-3-4-6-12/h3-4,10-14H,5-9H2,1-2H3. The molecule has 0 heterocycles. The molecule has 1 fully saturated rings. The summed E-state index contributed by atoms with van der Waals surface area (Å²) >= 11 is 0. The maximum Gasteiger partial charge on any atom is 0.0139 e. The summed E-state index contributed by atoms with van der Waals surface area (Å²) in [6.07, 6.45) is 11.4. The Morgan fingerprint density at radius 2 is 1.79 bits per heavy atom. The first-order valence-corrected chi connectivity index (χ1v) is 6.16. The highest BCUT2D eigenvalue weighted by molar-refractivity contribution is 4.99. The number of nitrogens with one attached hydrogen (secondary N) is 1. The topological polar surface area (TPSA) is 12.0 Å². The van der Waals surface area contributed by atoms with E-state index in [0.717, 1.165) is 23.9 Å². The molecule has 1 nitrogen and oxygen atoms in total. The fourth-order valence-corrected chi connectivity index (χ4v) is 2.82. The SMILES string of the molecule is CC1CCC(C)C(NC2CC=CC2)C1. The van der Waals surface area contributed by atoms with Crippen molar-refractivity contribution in [1.82, 2.24) is 5.32 Å². The average Bonchev–Trinajstić information content (AvgIpc) is 2.64. The fraction of sp³-hybridized carbons (Fsp3) is 0.846. The van der Waals surface area contributed by atoms with E-state index in [-0.39, 0.29) is 0 Å². The zero-order valence-electron chi connectivity index (χ0n) is 9.50. The van der Waals surface area contributed by atoms with Gasteiger partial charge in [0.15, 0.2) is 0 Å². The van der Waals surface area contributed by atoms with Crippen LogP contribution < -0.4 is 5.32 Å². The monoisotopic (exact) mass is 193 g/mol. The summed E-state index contributed by atoms with van der Waals surface area (Å²) in [6.45, 7) is 4.80. The molecule has 0 aromatic rings. The van der Waals surface area contributed by atoms with Crippen LogP contribution in [-0.2, 0) is 0 Å². The van der Waals surface area contributed by atoms with Crippen molar-refractivity contribution in [2.45, 2.75) is 58.0 Å². The minimum absolute atomic E-state index is 0.743. The van der Waals surface area contributed by atoms with Crippen molar-refractivity contribution < 1.29 is 0 Å². The Balaban J connectivity index is 1.82. The summed E-state index contributed by atoms with van der Waals surface area (Å²) in [5.74, 6) is 1.81. The molecule has 14 heavy (non-hydrogen) atoms. The van der Waals surface area contributed by atoms with Gasteiger partial charge in [-0.3, -0.25) is 0 Å². The van der Waals surface area contributed by atoms with Crippen LogP contribution in [0, 0.1) is 11.8 Å². The van der Waals surface area contributed by atoms with Crippen LogP contribution in [0.3, 0.4) is 0 Å². The van der Waals surface area contributed by atoms with Crippen LogP contribution in [0.25, 0.3) is 0 Å². The van der Waals surface area contributed by atoms with Crippen LogP contribution in [-0.4, -0.2) is 12.1 Å². The summed E-state index contributed by atoms with van der Waals surface area (Å²) in [6, 6.07) is 1.52. The minimum atomic E-state index is 0.743. The van der Waals surface area contributed by atoms with E-state index in [1.807, 2.05) is 0 Å². The molecule has 2 aliphatic rings.